The molecule has 7 heavy (non-hydrogen) atoms. The molecule has 0 N–H and O–H groups in total. The highest BCUT2D eigenvalue weighted by atomic mass is 16.6. The molecule has 39 valence electrons. The van der Waals surface area contributed by atoms with Crippen LogP contribution in [0.15, 0.2) is 0 Å². The summed E-state index contributed by atoms with van der Waals surface area (Å²) in [5, 5.41) is 0. The van der Waals surface area contributed by atoms with Crippen LogP contribution >= 0.6 is 0 Å². The van der Waals surface area contributed by atoms with Crippen LogP contribution in [0.2, 0.25) is 0 Å². The number of carbonyl (C=O) groups excluding carboxylic acids is 1. The molecule has 1 aliphatic heterocycles. The number of hydrogen-bond acceptors (Lipinski definition) is 3. The van der Waals surface area contributed by atoms with Gasteiger partial charge in [-0.25, -0.2) is 4.79 Å². The first kappa shape index (κ1) is 4.59. The fraction of sp³-hybridized carbons (Fsp3) is 0.500. The Kier molecular flexibility index (Phi) is 1.26. The van der Waals surface area contributed by atoms with Crippen molar-refractivity contribution >= 4 is 5.97 Å². The van der Waals surface area contributed by atoms with E-state index in [2.05, 4.69) is 9.47 Å². The van der Waals surface area contributed by atoms with Gasteiger partial charge in [0.15, 0.2) is 0 Å². The molecule has 1 radical (unpaired) electrons. The van der Waals surface area contributed by atoms with E-state index in [1.54, 1.807) is 0 Å². The Morgan fingerprint density at radius 2 is 2.57 bits per heavy atom. The van der Waals surface area contributed by atoms with E-state index in [4.69, 9.17) is 0 Å². The van der Waals surface area contributed by atoms with Gasteiger partial charge in [0.1, 0.15) is 19.8 Å². The topological polar surface area (TPSA) is 35.5 Å². The number of rotatable bonds is 0. The minimum atomic E-state index is -0.289. The molecule has 0 aliphatic carbocycles. The quantitative estimate of drug-likeness (QED) is 0.394. The highest BCUT2D eigenvalue weighted by molar-refractivity contribution is 5.71. The molecule has 3 heteroatoms. The summed E-state index contributed by atoms with van der Waals surface area (Å²) in [6, 6.07) is 0. The van der Waals surface area contributed by atoms with E-state index < -0.39 is 0 Å². The monoisotopic (exact) mass is 101 g/mol. The summed E-state index contributed by atoms with van der Waals surface area (Å²) in [7, 11) is 0. The van der Waals surface area contributed by atoms with Crippen LogP contribution in [0.5, 0.6) is 0 Å². The van der Waals surface area contributed by atoms with E-state index in [-0.39, 0.29) is 12.6 Å². The summed E-state index contributed by atoms with van der Waals surface area (Å²) in [6.07, 6.45) is 0. The van der Waals surface area contributed by atoms with Gasteiger partial charge in [-0.15, -0.1) is 0 Å². The molecule has 0 amide bonds. The number of hydrogen-bond donors (Lipinski definition) is 0. The molecule has 0 atom stereocenters. The molecular formula is C4H5O3. The average molecular weight is 101 g/mol. The van der Waals surface area contributed by atoms with Gasteiger partial charge in [-0.1, -0.05) is 0 Å². The smallest absolute Gasteiger partial charge is 0.332 e. The van der Waals surface area contributed by atoms with Gasteiger partial charge in [-0.3, -0.25) is 0 Å². The Hall–Kier alpha value is -0.570. The van der Waals surface area contributed by atoms with Gasteiger partial charge in [0.05, 0.1) is 0 Å². The number of cyclic esters (lactones) is 1. The van der Waals surface area contributed by atoms with Crippen LogP contribution in [-0.4, -0.2) is 19.2 Å². The third kappa shape index (κ3) is 1.16. The van der Waals surface area contributed by atoms with Crippen LogP contribution in [0.3, 0.4) is 0 Å². The largest absolute Gasteiger partial charge is 0.461 e. The van der Waals surface area contributed by atoms with Crippen LogP contribution in [0, 0.1) is 6.61 Å². The fourth-order valence-corrected chi connectivity index (χ4v) is 0.344. The van der Waals surface area contributed by atoms with E-state index in [0.717, 1.165) is 0 Å². The molecule has 1 rings (SSSR count). The van der Waals surface area contributed by atoms with Crippen LogP contribution in [0.25, 0.3) is 0 Å². The number of carbonyl (C=O) groups is 1. The van der Waals surface area contributed by atoms with Crippen molar-refractivity contribution in [3.8, 4) is 0 Å². The average Bonchev–Trinajstić information content (AvgIpc) is 1.69. The van der Waals surface area contributed by atoms with Crippen molar-refractivity contribution in [2.75, 3.05) is 13.2 Å². The van der Waals surface area contributed by atoms with Gasteiger partial charge < -0.3 is 9.47 Å². The maximum Gasteiger partial charge on any atom is 0.332 e. The van der Waals surface area contributed by atoms with E-state index >= 15 is 0 Å². The summed E-state index contributed by atoms with van der Waals surface area (Å²) < 4.78 is 9.04. The summed E-state index contributed by atoms with van der Waals surface area (Å²) >= 11 is 0. The van der Waals surface area contributed by atoms with E-state index in [9.17, 15) is 4.79 Å². The molecule has 0 spiro atoms. The molecular weight excluding hydrogens is 96.0 g/mol. The Balaban J connectivity index is 2.25. The molecule has 0 aromatic carbocycles. The zero-order valence-corrected chi connectivity index (χ0v) is 3.72. The maximum absolute atomic E-state index is 10.1. The normalized spacial score (nSPS) is 21.4. The molecule has 0 saturated carbocycles. The van der Waals surface area contributed by atoms with Gasteiger partial charge in [0, 0.05) is 0 Å². The number of esters is 1. The lowest BCUT2D eigenvalue weighted by atomic mass is 10.6. The number of ether oxygens (including phenoxy) is 2. The summed E-state index contributed by atoms with van der Waals surface area (Å²) in [4.78, 5) is 10.1. The summed E-state index contributed by atoms with van der Waals surface area (Å²) in [5.41, 5.74) is 0. The highest BCUT2D eigenvalue weighted by Crippen LogP contribution is 1.92. The lowest BCUT2D eigenvalue weighted by Crippen LogP contribution is -2.19. The van der Waals surface area contributed by atoms with Gasteiger partial charge >= 0.3 is 5.97 Å². The van der Waals surface area contributed by atoms with E-state index in [1.807, 2.05) is 0 Å². The van der Waals surface area contributed by atoms with Crippen LogP contribution < -0.4 is 0 Å². The molecule has 0 aromatic rings. The van der Waals surface area contributed by atoms with Crippen molar-refractivity contribution in [2.24, 2.45) is 0 Å². The third-order valence-electron chi connectivity index (χ3n) is 0.631. The first-order chi connectivity index (χ1) is 3.39. The predicted octanol–water partition coefficient (Wildman–Crippen LogP) is -0.278. The minimum absolute atomic E-state index is 0.0694. The molecule has 1 saturated heterocycles. The lowest BCUT2D eigenvalue weighted by Gasteiger charge is -2.08. The van der Waals surface area contributed by atoms with Crippen molar-refractivity contribution < 1.29 is 14.3 Å². The van der Waals surface area contributed by atoms with Crippen LogP contribution in [0.1, 0.15) is 0 Å². The second-order valence-electron chi connectivity index (χ2n) is 1.16. The Morgan fingerprint density at radius 3 is 2.86 bits per heavy atom. The molecule has 1 aliphatic rings. The Bertz CT molecular complexity index is 71.0. The molecule has 0 unspecified atom stereocenters. The van der Waals surface area contributed by atoms with Crippen molar-refractivity contribution in [2.45, 2.75) is 0 Å². The standard InChI is InChI=1S/C4H5O3/c5-4-3-6-1-2-7-4/h1H,2-3H2. The van der Waals surface area contributed by atoms with Crippen LogP contribution in [-0.2, 0) is 14.3 Å². The zero-order valence-electron chi connectivity index (χ0n) is 3.72. The summed E-state index contributed by atoms with van der Waals surface area (Å²) in [6.45, 7) is 1.82. The first-order valence-electron chi connectivity index (χ1n) is 1.98. The van der Waals surface area contributed by atoms with Crippen LogP contribution in [0.4, 0.5) is 0 Å². The SMILES string of the molecule is O=C1CO[CH]CO1. The van der Waals surface area contributed by atoms with Crippen molar-refractivity contribution in [1.82, 2.24) is 0 Å². The Morgan fingerprint density at radius 1 is 1.71 bits per heavy atom. The van der Waals surface area contributed by atoms with E-state index in [0.29, 0.717) is 6.61 Å². The molecule has 0 bridgehead atoms. The minimum Gasteiger partial charge on any atom is -0.461 e. The second-order valence-corrected chi connectivity index (χ2v) is 1.16. The van der Waals surface area contributed by atoms with Gasteiger partial charge in [-0.2, -0.15) is 0 Å². The van der Waals surface area contributed by atoms with E-state index in [1.165, 1.54) is 6.61 Å². The molecule has 0 aromatic heterocycles. The second kappa shape index (κ2) is 1.93. The predicted molar refractivity (Wildman–Crippen MR) is 21.2 cm³/mol. The van der Waals surface area contributed by atoms with Crippen molar-refractivity contribution in [1.29, 1.82) is 0 Å². The molecule has 3 nitrogen and oxygen atoms in total. The Labute approximate surface area is 41.2 Å². The van der Waals surface area contributed by atoms with Crippen molar-refractivity contribution in [3.05, 3.63) is 6.61 Å². The zero-order chi connectivity index (χ0) is 5.11. The van der Waals surface area contributed by atoms with Gasteiger partial charge in [-0.05, 0) is 0 Å². The fourth-order valence-electron chi connectivity index (χ4n) is 0.344. The highest BCUT2D eigenvalue weighted by Gasteiger charge is 2.07. The lowest BCUT2D eigenvalue weighted by molar-refractivity contribution is -0.154. The van der Waals surface area contributed by atoms with Gasteiger partial charge in [0.2, 0.25) is 0 Å². The van der Waals surface area contributed by atoms with Gasteiger partial charge in [0.25, 0.3) is 0 Å². The maximum atomic E-state index is 10.1. The third-order valence-corrected chi connectivity index (χ3v) is 0.631. The summed E-state index contributed by atoms with van der Waals surface area (Å²) in [5.74, 6) is -0.289. The molecule has 1 heterocycles. The van der Waals surface area contributed by atoms with Crippen molar-refractivity contribution in [3.63, 3.8) is 0 Å². The first-order valence-corrected chi connectivity index (χ1v) is 1.98. The molecule has 1 fully saturated rings.